The molecule has 0 saturated heterocycles. The van der Waals surface area contributed by atoms with Crippen molar-refractivity contribution in [2.75, 3.05) is 10.6 Å². The molecule has 6 heteroatoms. The summed E-state index contributed by atoms with van der Waals surface area (Å²) in [6.45, 7) is 6.31. The second kappa shape index (κ2) is 6.79. The number of rotatable bonds is 2. The summed E-state index contributed by atoms with van der Waals surface area (Å²) in [5, 5.41) is 5.09. The first kappa shape index (κ1) is 17.0. The molecule has 1 heterocycles. The maximum absolute atomic E-state index is 11.9. The fraction of sp³-hybridized carbons (Fsp3) is 0.235. The lowest BCUT2D eigenvalue weighted by atomic mass is 9.87. The van der Waals surface area contributed by atoms with Crippen molar-refractivity contribution in [3.8, 4) is 0 Å². The zero-order chi connectivity index (χ0) is 17.0. The van der Waals surface area contributed by atoms with Gasteiger partial charge in [0, 0.05) is 11.9 Å². The van der Waals surface area contributed by atoms with E-state index in [-0.39, 0.29) is 16.3 Å². The van der Waals surface area contributed by atoms with Crippen molar-refractivity contribution in [2.45, 2.75) is 26.2 Å². The van der Waals surface area contributed by atoms with Gasteiger partial charge in [-0.2, -0.15) is 0 Å². The molecule has 0 aliphatic rings. The van der Waals surface area contributed by atoms with Gasteiger partial charge in [0.1, 0.15) is 0 Å². The lowest BCUT2D eigenvalue weighted by molar-refractivity contribution is -0.133. The first-order valence-corrected chi connectivity index (χ1v) is 7.48. The molecule has 2 rings (SSSR count). The minimum Gasteiger partial charge on any atom is -0.318 e. The van der Waals surface area contributed by atoms with Crippen molar-refractivity contribution in [1.82, 2.24) is 4.98 Å². The molecule has 120 valence electrons. The van der Waals surface area contributed by atoms with Crippen LogP contribution in [-0.4, -0.2) is 16.8 Å². The van der Waals surface area contributed by atoms with Gasteiger partial charge in [0.25, 0.3) is 0 Å². The van der Waals surface area contributed by atoms with E-state index in [0.717, 1.165) is 5.56 Å². The lowest BCUT2D eigenvalue weighted by Gasteiger charge is -2.19. The molecule has 0 unspecified atom stereocenters. The Balaban J connectivity index is 2.01. The molecule has 0 bridgehead atoms. The van der Waals surface area contributed by atoms with Gasteiger partial charge < -0.3 is 10.6 Å². The molecule has 0 aliphatic carbocycles. The third-order valence-electron chi connectivity index (χ3n) is 3.22. The maximum Gasteiger partial charge on any atom is 0.314 e. The summed E-state index contributed by atoms with van der Waals surface area (Å²) >= 11 is 5.84. The number of hydrogen-bond donors (Lipinski definition) is 2. The van der Waals surface area contributed by atoms with Gasteiger partial charge in [-0.15, -0.1) is 0 Å². The Morgan fingerprint density at radius 1 is 1.00 bits per heavy atom. The van der Waals surface area contributed by atoms with Crippen LogP contribution in [0.3, 0.4) is 0 Å². The van der Waals surface area contributed by atoms with Crippen molar-refractivity contribution in [2.24, 2.45) is 0 Å². The average Bonchev–Trinajstić information content (AvgIpc) is 2.49. The van der Waals surface area contributed by atoms with Crippen LogP contribution in [0.4, 0.5) is 11.4 Å². The Kier molecular flexibility index (Phi) is 5.01. The van der Waals surface area contributed by atoms with Gasteiger partial charge in [0.05, 0.1) is 5.69 Å². The lowest BCUT2D eigenvalue weighted by Crippen LogP contribution is -2.29. The molecule has 0 saturated carbocycles. The summed E-state index contributed by atoms with van der Waals surface area (Å²) in [7, 11) is 0. The molecule has 0 aliphatic heterocycles. The summed E-state index contributed by atoms with van der Waals surface area (Å²) in [6, 6.07) is 10.6. The second-order valence-electron chi connectivity index (χ2n) is 6.08. The van der Waals surface area contributed by atoms with Crippen LogP contribution in [0.5, 0.6) is 0 Å². The number of carbonyl (C=O) groups is 2. The van der Waals surface area contributed by atoms with Crippen LogP contribution >= 0.6 is 11.6 Å². The molecular formula is C17H18ClN3O2. The van der Waals surface area contributed by atoms with Gasteiger partial charge in [-0.25, -0.2) is 4.98 Å². The third-order valence-corrected chi connectivity index (χ3v) is 3.52. The van der Waals surface area contributed by atoms with Crippen molar-refractivity contribution < 1.29 is 9.59 Å². The van der Waals surface area contributed by atoms with E-state index < -0.39 is 11.8 Å². The highest BCUT2D eigenvalue weighted by Gasteiger charge is 2.17. The Bertz CT molecular complexity index is 721. The van der Waals surface area contributed by atoms with E-state index in [1.54, 1.807) is 24.3 Å². The van der Waals surface area contributed by atoms with Gasteiger partial charge >= 0.3 is 11.8 Å². The fourth-order valence-corrected chi connectivity index (χ4v) is 2.07. The number of carbonyl (C=O) groups excluding carboxylic acids is 2. The number of anilines is 2. The third kappa shape index (κ3) is 4.53. The zero-order valence-corrected chi connectivity index (χ0v) is 13.9. The van der Waals surface area contributed by atoms with E-state index in [4.69, 9.17) is 11.6 Å². The van der Waals surface area contributed by atoms with Crippen molar-refractivity contribution in [3.05, 3.63) is 53.3 Å². The Morgan fingerprint density at radius 2 is 1.61 bits per heavy atom. The maximum atomic E-state index is 11.9. The minimum atomic E-state index is -0.806. The fourth-order valence-electron chi connectivity index (χ4n) is 1.90. The number of pyridine rings is 1. The predicted molar refractivity (Wildman–Crippen MR) is 91.6 cm³/mol. The molecule has 0 fully saturated rings. The van der Waals surface area contributed by atoms with Crippen LogP contribution in [0.1, 0.15) is 26.3 Å². The topological polar surface area (TPSA) is 71.1 Å². The van der Waals surface area contributed by atoms with E-state index in [2.05, 4.69) is 36.4 Å². The molecule has 5 nitrogen and oxygen atoms in total. The van der Waals surface area contributed by atoms with Crippen molar-refractivity contribution in [3.63, 3.8) is 0 Å². The number of nitrogens with zero attached hydrogens (tertiary/aromatic N) is 1. The molecular weight excluding hydrogens is 314 g/mol. The molecule has 2 amide bonds. The van der Waals surface area contributed by atoms with E-state index in [1.807, 2.05) is 12.1 Å². The van der Waals surface area contributed by atoms with Crippen LogP contribution < -0.4 is 10.6 Å². The molecule has 0 radical (unpaired) electrons. The minimum absolute atomic E-state index is 0.0248. The zero-order valence-electron chi connectivity index (χ0n) is 13.2. The molecule has 0 atom stereocenters. The van der Waals surface area contributed by atoms with Gasteiger partial charge in [0.2, 0.25) is 0 Å². The molecule has 23 heavy (non-hydrogen) atoms. The van der Waals surface area contributed by atoms with Gasteiger partial charge in [-0.05, 0) is 35.2 Å². The smallest absolute Gasteiger partial charge is 0.314 e. The highest BCUT2D eigenvalue weighted by molar-refractivity contribution is 6.44. The Hall–Kier alpha value is -2.40. The highest BCUT2D eigenvalue weighted by Crippen LogP contribution is 2.23. The highest BCUT2D eigenvalue weighted by atomic mass is 35.5. The summed E-state index contributed by atoms with van der Waals surface area (Å²) < 4.78 is 0. The summed E-state index contributed by atoms with van der Waals surface area (Å²) in [5.41, 5.74) is 2.01. The van der Waals surface area contributed by atoms with Crippen LogP contribution in [0.25, 0.3) is 0 Å². The summed E-state index contributed by atoms with van der Waals surface area (Å²) in [6.07, 6.45) is 1.49. The van der Waals surface area contributed by atoms with Crippen molar-refractivity contribution >= 4 is 34.8 Å². The molecule has 0 spiro atoms. The van der Waals surface area contributed by atoms with Crippen LogP contribution in [0.15, 0.2) is 42.6 Å². The molecule has 1 aromatic heterocycles. The predicted octanol–water partition coefficient (Wildman–Crippen LogP) is 3.61. The molecule has 2 aromatic rings. The number of amides is 2. The normalized spacial score (nSPS) is 11.0. The van der Waals surface area contributed by atoms with Crippen LogP contribution in [0, 0.1) is 0 Å². The largest absolute Gasteiger partial charge is 0.318 e. The van der Waals surface area contributed by atoms with E-state index in [9.17, 15) is 9.59 Å². The number of nitrogens with one attached hydrogen (secondary N) is 2. The number of halogens is 1. The Labute approximate surface area is 140 Å². The van der Waals surface area contributed by atoms with Crippen molar-refractivity contribution in [1.29, 1.82) is 0 Å². The standard InChI is InChI=1S/C17H18ClN3O2/c1-17(2,3)11-6-8-12(9-7-11)20-15(22)16(23)21-13-5-4-10-19-14(13)18/h4-10H,1-3H3,(H,20,22)(H,21,23). The summed E-state index contributed by atoms with van der Waals surface area (Å²) in [4.78, 5) is 27.6. The van der Waals surface area contributed by atoms with E-state index in [1.165, 1.54) is 6.20 Å². The van der Waals surface area contributed by atoms with Crippen LogP contribution in [-0.2, 0) is 15.0 Å². The van der Waals surface area contributed by atoms with E-state index >= 15 is 0 Å². The van der Waals surface area contributed by atoms with E-state index in [0.29, 0.717) is 5.69 Å². The first-order valence-electron chi connectivity index (χ1n) is 7.11. The second-order valence-corrected chi connectivity index (χ2v) is 6.44. The molecule has 2 N–H and O–H groups in total. The number of aromatic nitrogens is 1. The van der Waals surface area contributed by atoms with Gasteiger partial charge in [-0.3, -0.25) is 9.59 Å². The van der Waals surface area contributed by atoms with Gasteiger partial charge in [0.15, 0.2) is 5.15 Å². The SMILES string of the molecule is CC(C)(C)c1ccc(NC(=O)C(=O)Nc2cccnc2Cl)cc1. The summed E-state index contributed by atoms with van der Waals surface area (Å²) in [5.74, 6) is -1.58. The molecule has 1 aromatic carbocycles. The first-order chi connectivity index (χ1) is 10.8. The number of benzene rings is 1. The van der Waals surface area contributed by atoms with Gasteiger partial charge in [-0.1, -0.05) is 44.5 Å². The quantitative estimate of drug-likeness (QED) is 0.652. The average molecular weight is 332 g/mol. The number of hydrogen-bond acceptors (Lipinski definition) is 3. The Morgan fingerprint density at radius 3 is 2.17 bits per heavy atom. The monoisotopic (exact) mass is 331 g/mol. The van der Waals surface area contributed by atoms with Crippen LogP contribution in [0.2, 0.25) is 5.15 Å².